The maximum atomic E-state index is 9.14. The average Bonchev–Trinajstić information content (AvgIpc) is 2.39. The van der Waals surface area contributed by atoms with Crippen LogP contribution in [-0.4, -0.2) is 54.0 Å². The van der Waals surface area contributed by atoms with Gasteiger partial charge in [-0.2, -0.15) is 0 Å². The Kier molecular flexibility index (Phi) is 3.75. The molecule has 6 heteroatoms. The van der Waals surface area contributed by atoms with Gasteiger partial charge >= 0.3 is 0 Å². The third-order valence-electron chi connectivity index (χ3n) is 2.88. The molecule has 94 valence electrons. The Hall–Kier alpha value is -1.40. The van der Waals surface area contributed by atoms with E-state index in [4.69, 9.17) is 9.84 Å². The number of aliphatic hydroxyl groups excluding tert-OH is 1. The van der Waals surface area contributed by atoms with E-state index in [9.17, 15) is 0 Å². The Bertz CT molecular complexity index is 374. The Morgan fingerprint density at radius 3 is 3.12 bits per heavy atom. The highest BCUT2D eigenvalue weighted by Gasteiger charge is 2.26. The molecule has 1 saturated heterocycles. The Morgan fingerprint density at radius 2 is 2.41 bits per heavy atom. The van der Waals surface area contributed by atoms with E-state index in [1.807, 2.05) is 7.05 Å². The van der Waals surface area contributed by atoms with Crippen LogP contribution in [0.15, 0.2) is 12.4 Å². The lowest BCUT2D eigenvalue weighted by atomic mass is 10.2. The van der Waals surface area contributed by atoms with Crippen molar-refractivity contribution in [2.45, 2.75) is 19.1 Å². The van der Waals surface area contributed by atoms with Gasteiger partial charge in [0, 0.05) is 13.6 Å². The molecule has 2 unspecified atom stereocenters. The van der Waals surface area contributed by atoms with Crippen molar-refractivity contribution < 1.29 is 9.84 Å². The molecule has 1 aliphatic rings. The fourth-order valence-corrected chi connectivity index (χ4v) is 1.86. The van der Waals surface area contributed by atoms with Gasteiger partial charge in [0.1, 0.15) is 11.6 Å². The van der Waals surface area contributed by atoms with E-state index in [1.165, 1.54) is 0 Å². The largest absolute Gasteiger partial charge is 0.394 e. The highest BCUT2D eigenvalue weighted by atomic mass is 16.5. The van der Waals surface area contributed by atoms with Gasteiger partial charge in [-0.05, 0) is 6.92 Å². The summed E-state index contributed by atoms with van der Waals surface area (Å²) in [5, 5.41) is 12.1. The molecule has 2 N–H and O–H groups in total. The number of nitrogens with zero attached hydrogens (tertiary/aromatic N) is 3. The summed E-state index contributed by atoms with van der Waals surface area (Å²) in [6.45, 7) is 3.33. The van der Waals surface area contributed by atoms with Gasteiger partial charge in [0.15, 0.2) is 0 Å². The van der Waals surface area contributed by atoms with Gasteiger partial charge in [-0.25, -0.2) is 4.98 Å². The molecule has 17 heavy (non-hydrogen) atoms. The lowest BCUT2D eigenvalue weighted by Gasteiger charge is -2.38. The summed E-state index contributed by atoms with van der Waals surface area (Å²) >= 11 is 0. The highest BCUT2D eigenvalue weighted by Crippen LogP contribution is 2.20. The van der Waals surface area contributed by atoms with E-state index < -0.39 is 0 Å². The smallest absolute Gasteiger partial charge is 0.149 e. The van der Waals surface area contributed by atoms with Crippen LogP contribution in [0.3, 0.4) is 0 Å². The molecule has 2 atom stereocenters. The average molecular weight is 238 g/mol. The Balaban J connectivity index is 2.18. The maximum Gasteiger partial charge on any atom is 0.149 e. The van der Waals surface area contributed by atoms with Crippen LogP contribution in [0.5, 0.6) is 0 Å². The van der Waals surface area contributed by atoms with E-state index >= 15 is 0 Å². The number of ether oxygens (including phenoxy) is 1. The van der Waals surface area contributed by atoms with Crippen LogP contribution >= 0.6 is 0 Å². The first-order valence-corrected chi connectivity index (χ1v) is 5.73. The van der Waals surface area contributed by atoms with Crippen molar-refractivity contribution in [1.82, 2.24) is 9.97 Å². The number of anilines is 2. The quantitative estimate of drug-likeness (QED) is 0.778. The zero-order valence-corrected chi connectivity index (χ0v) is 10.1. The van der Waals surface area contributed by atoms with Crippen LogP contribution in [0.2, 0.25) is 0 Å². The fourth-order valence-electron chi connectivity index (χ4n) is 1.86. The highest BCUT2D eigenvalue weighted by molar-refractivity contribution is 5.44. The van der Waals surface area contributed by atoms with Gasteiger partial charge in [0.05, 0.1) is 37.8 Å². The molecule has 1 aromatic heterocycles. The van der Waals surface area contributed by atoms with E-state index in [0.717, 1.165) is 11.6 Å². The number of hydrogen-bond donors (Lipinski definition) is 2. The summed E-state index contributed by atoms with van der Waals surface area (Å²) in [5.74, 6) is 1.55. The van der Waals surface area contributed by atoms with E-state index in [2.05, 4.69) is 27.1 Å². The first-order valence-electron chi connectivity index (χ1n) is 5.73. The summed E-state index contributed by atoms with van der Waals surface area (Å²) in [5.41, 5.74) is 0. The number of rotatable bonds is 3. The number of morpholine rings is 1. The summed E-state index contributed by atoms with van der Waals surface area (Å²) in [4.78, 5) is 10.7. The molecule has 1 aromatic rings. The van der Waals surface area contributed by atoms with Gasteiger partial charge in [0.2, 0.25) is 0 Å². The minimum Gasteiger partial charge on any atom is -0.394 e. The molecule has 6 nitrogen and oxygen atoms in total. The third kappa shape index (κ3) is 2.65. The van der Waals surface area contributed by atoms with E-state index in [-0.39, 0.29) is 18.8 Å². The van der Waals surface area contributed by atoms with Crippen molar-refractivity contribution >= 4 is 11.6 Å². The molecular formula is C11H18N4O2. The second-order valence-corrected chi connectivity index (χ2v) is 4.15. The first-order chi connectivity index (χ1) is 8.24. The standard InChI is InChI=1S/C11H18N4O2/c1-8-7-17-9(6-16)5-15(8)11-4-13-3-10(12-2)14-11/h3-4,8-9,16H,5-7H2,1-2H3,(H,12,14). The summed E-state index contributed by atoms with van der Waals surface area (Å²) in [7, 11) is 1.81. The molecular weight excluding hydrogens is 220 g/mol. The fraction of sp³-hybridized carbons (Fsp3) is 0.636. The van der Waals surface area contributed by atoms with E-state index in [0.29, 0.717) is 13.2 Å². The van der Waals surface area contributed by atoms with Crippen molar-refractivity contribution in [2.75, 3.05) is 37.0 Å². The van der Waals surface area contributed by atoms with Gasteiger partial charge in [-0.1, -0.05) is 0 Å². The Morgan fingerprint density at radius 1 is 1.59 bits per heavy atom. The van der Waals surface area contributed by atoms with Crippen LogP contribution in [0.25, 0.3) is 0 Å². The van der Waals surface area contributed by atoms with Crippen LogP contribution in [0.4, 0.5) is 11.6 Å². The summed E-state index contributed by atoms with van der Waals surface area (Å²) in [6, 6.07) is 0.235. The molecule has 0 radical (unpaired) electrons. The van der Waals surface area contributed by atoms with Crippen LogP contribution in [0, 0.1) is 0 Å². The molecule has 0 amide bonds. The third-order valence-corrected chi connectivity index (χ3v) is 2.88. The van der Waals surface area contributed by atoms with Gasteiger partial charge in [-0.3, -0.25) is 4.98 Å². The first kappa shape index (κ1) is 12.1. The normalized spacial score (nSPS) is 24.8. The van der Waals surface area contributed by atoms with Gasteiger partial charge in [-0.15, -0.1) is 0 Å². The van der Waals surface area contributed by atoms with Gasteiger partial charge in [0.25, 0.3) is 0 Å². The lowest BCUT2D eigenvalue weighted by Crippen LogP contribution is -2.50. The van der Waals surface area contributed by atoms with Crippen molar-refractivity contribution in [3.8, 4) is 0 Å². The van der Waals surface area contributed by atoms with Crippen LogP contribution < -0.4 is 10.2 Å². The summed E-state index contributed by atoms with van der Waals surface area (Å²) in [6.07, 6.45) is 3.26. The molecule has 0 spiro atoms. The number of nitrogens with one attached hydrogen (secondary N) is 1. The van der Waals surface area contributed by atoms with Crippen molar-refractivity contribution in [3.05, 3.63) is 12.4 Å². The SMILES string of the molecule is CNc1cncc(N2CC(CO)OCC2C)n1. The molecule has 0 aromatic carbocycles. The van der Waals surface area contributed by atoms with Crippen molar-refractivity contribution in [2.24, 2.45) is 0 Å². The van der Waals surface area contributed by atoms with E-state index in [1.54, 1.807) is 12.4 Å². The maximum absolute atomic E-state index is 9.14. The predicted molar refractivity (Wildman–Crippen MR) is 65.2 cm³/mol. The number of hydrogen-bond acceptors (Lipinski definition) is 6. The molecule has 0 bridgehead atoms. The zero-order valence-electron chi connectivity index (χ0n) is 10.1. The van der Waals surface area contributed by atoms with Crippen LogP contribution in [0.1, 0.15) is 6.92 Å². The lowest BCUT2D eigenvalue weighted by molar-refractivity contribution is -0.0105. The molecule has 2 heterocycles. The molecule has 2 rings (SSSR count). The number of aromatic nitrogens is 2. The molecule has 0 aliphatic carbocycles. The summed E-state index contributed by atoms with van der Waals surface area (Å²) < 4.78 is 5.49. The zero-order chi connectivity index (χ0) is 12.3. The second kappa shape index (κ2) is 5.29. The topological polar surface area (TPSA) is 70.5 Å². The van der Waals surface area contributed by atoms with Crippen molar-refractivity contribution in [1.29, 1.82) is 0 Å². The van der Waals surface area contributed by atoms with Crippen molar-refractivity contribution in [3.63, 3.8) is 0 Å². The Labute approximate surface area is 101 Å². The molecule has 1 fully saturated rings. The van der Waals surface area contributed by atoms with Crippen LogP contribution in [-0.2, 0) is 4.74 Å². The molecule has 0 saturated carbocycles. The monoisotopic (exact) mass is 238 g/mol. The second-order valence-electron chi connectivity index (χ2n) is 4.15. The minimum atomic E-state index is -0.147. The minimum absolute atomic E-state index is 0.0301. The molecule has 1 aliphatic heterocycles. The number of aliphatic hydroxyl groups is 1. The van der Waals surface area contributed by atoms with Gasteiger partial charge < -0.3 is 20.1 Å². The predicted octanol–water partition coefficient (Wildman–Crippen LogP) is 0.104.